The minimum absolute atomic E-state index is 0.0670. The van der Waals surface area contributed by atoms with Gasteiger partial charge in [0.2, 0.25) is 5.91 Å². The summed E-state index contributed by atoms with van der Waals surface area (Å²) in [6, 6.07) is 8.61. The van der Waals surface area contributed by atoms with E-state index in [0.29, 0.717) is 0 Å². The maximum atomic E-state index is 12.6. The molecule has 3 fully saturated rings. The topological polar surface area (TPSA) is 72.6 Å². The Morgan fingerprint density at radius 2 is 2.09 bits per heavy atom. The smallest absolute Gasteiger partial charge is 0.330 e. The highest BCUT2D eigenvalue weighted by atomic mass is 32.2. The predicted octanol–water partition coefficient (Wildman–Crippen LogP) is 0.826. The maximum Gasteiger partial charge on any atom is 0.330 e. The summed E-state index contributed by atoms with van der Waals surface area (Å²) in [5.74, 6) is 1.30. The number of nitrogens with two attached hydrogens (primary N) is 1. The van der Waals surface area contributed by atoms with E-state index in [4.69, 9.17) is 10.5 Å². The number of hydrogen-bond donors (Lipinski definition) is 1. The van der Waals surface area contributed by atoms with Crippen LogP contribution in [0.2, 0.25) is 0 Å². The molecule has 116 valence electrons. The normalized spacial score (nSPS) is 31.4. The van der Waals surface area contributed by atoms with Gasteiger partial charge in [-0.15, -0.1) is 11.8 Å². The second-order valence-electron chi connectivity index (χ2n) is 5.83. The van der Waals surface area contributed by atoms with Crippen molar-refractivity contribution < 1.29 is 14.3 Å². The van der Waals surface area contributed by atoms with Gasteiger partial charge in [0, 0.05) is 11.5 Å². The monoisotopic (exact) mass is 336 g/mol. The van der Waals surface area contributed by atoms with E-state index in [1.165, 1.54) is 0 Å². The Morgan fingerprint density at radius 3 is 2.73 bits per heavy atom. The summed E-state index contributed by atoms with van der Waals surface area (Å²) in [4.78, 5) is 26.3. The zero-order valence-electron chi connectivity index (χ0n) is 11.8. The molecule has 7 heteroatoms. The summed E-state index contributed by atoms with van der Waals surface area (Å²) in [6.45, 7) is 0.239. The van der Waals surface area contributed by atoms with E-state index in [9.17, 15) is 9.59 Å². The van der Waals surface area contributed by atoms with Gasteiger partial charge in [-0.25, -0.2) is 4.79 Å². The quantitative estimate of drug-likeness (QED) is 0.651. The molecule has 4 rings (SSSR count). The third kappa shape index (κ3) is 1.99. The second kappa shape index (κ2) is 5.18. The average Bonchev–Trinajstić information content (AvgIpc) is 2.86. The Hall–Kier alpha value is -1.18. The zero-order valence-corrected chi connectivity index (χ0v) is 13.4. The highest BCUT2D eigenvalue weighted by Gasteiger charge is 2.68. The van der Waals surface area contributed by atoms with Crippen LogP contribution in [-0.2, 0) is 20.9 Å². The van der Waals surface area contributed by atoms with Crippen LogP contribution < -0.4 is 5.73 Å². The second-order valence-corrected chi connectivity index (χ2v) is 8.35. The maximum absolute atomic E-state index is 12.6. The molecule has 1 aromatic carbocycles. The number of carbonyl (C=O) groups excluding carboxylic acids is 2. The fourth-order valence-corrected chi connectivity index (χ4v) is 6.53. The van der Waals surface area contributed by atoms with Gasteiger partial charge in [-0.2, -0.15) is 11.8 Å². The summed E-state index contributed by atoms with van der Waals surface area (Å²) >= 11 is 3.47. The van der Waals surface area contributed by atoms with Crippen LogP contribution in [0.15, 0.2) is 30.3 Å². The van der Waals surface area contributed by atoms with Gasteiger partial charge in [-0.05, 0) is 5.56 Å². The van der Waals surface area contributed by atoms with Crippen LogP contribution in [-0.4, -0.2) is 50.5 Å². The number of fused-ring (bicyclic) bond motifs is 1. The van der Waals surface area contributed by atoms with Crippen molar-refractivity contribution >= 4 is 35.4 Å². The summed E-state index contributed by atoms with van der Waals surface area (Å²) in [7, 11) is 0. The van der Waals surface area contributed by atoms with Gasteiger partial charge < -0.3 is 15.4 Å². The van der Waals surface area contributed by atoms with Crippen molar-refractivity contribution in [3.8, 4) is 0 Å². The molecular formula is C15H16N2O3S2. The first-order chi connectivity index (χ1) is 10.6. The Bertz CT molecular complexity index is 620. The molecule has 0 radical (unpaired) electrons. The van der Waals surface area contributed by atoms with Crippen molar-refractivity contribution in [3.05, 3.63) is 35.9 Å². The van der Waals surface area contributed by atoms with Gasteiger partial charge in [0.25, 0.3) is 0 Å². The van der Waals surface area contributed by atoms with Crippen molar-refractivity contribution in [3.63, 3.8) is 0 Å². The molecule has 1 amide bonds. The summed E-state index contributed by atoms with van der Waals surface area (Å²) in [5.41, 5.74) is 6.81. The molecule has 2 N–H and O–H groups in total. The first kappa shape index (κ1) is 14.4. The predicted molar refractivity (Wildman–Crippen MR) is 86.3 cm³/mol. The molecule has 22 heavy (non-hydrogen) atoms. The van der Waals surface area contributed by atoms with Gasteiger partial charge in [-0.1, -0.05) is 30.3 Å². The van der Waals surface area contributed by atoms with Crippen molar-refractivity contribution in [2.24, 2.45) is 5.73 Å². The zero-order chi connectivity index (χ0) is 15.3. The van der Waals surface area contributed by atoms with Gasteiger partial charge in [0.05, 0.1) is 4.75 Å². The lowest BCUT2D eigenvalue weighted by atomic mass is 9.95. The van der Waals surface area contributed by atoms with Crippen LogP contribution in [0.5, 0.6) is 0 Å². The molecule has 5 nitrogen and oxygen atoms in total. The molecule has 0 aromatic heterocycles. The molecule has 1 spiro atoms. The van der Waals surface area contributed by atoms with E-state index in [2.05, 4.69) is 0 Å². The first-order valence-corrected chi connectivity index (χ1v) is 9.20. The lowest BCUT2D eigenvalue weighted by Gasteiger charge is -2.43. The third-order valence-electron chi connectivity index (χ3n) is 4.39. The minimum Gasteiger partial charge on any atom is -0.459 e. The Balaban J connectivity index is 1.50. The molecule has 3 saturated heterocycles. The molecule has 0 aliphatic carbocycles. The van der Waals surface area contributed by atoms with Crippen LogP contribution in [0.25, 0.3) is 0 Å². The van der Waals surface area contributed by atoms with E-state index in [1.807, 2.05) is 30.3 Å². The van der Waals surface area contributed by atoms with E-state index in [-0.39, 0.29) is 28.6 Å². The number of benzene rings is 1. The minimum atomic E-state index is -0.486. The van der Waals surface area contributed by atoms with Crippen LogP contribution in [0.4, 0.5) is 0 Å². The summed E-state index contributed by atoms with van der Waals surface area (Å²) in [5, 5.41) is -0.0670. The van der Waals surface area contributed by atoms with Gasteiger partial charge in [0.15, 0.2) is 0 Å². The highest BCUT2D eigenvalue weighted by molar-refractivity contribution is 8.08. The number of rotatable bonds is 3. The van der Waals surface area contributed by atoms with Crippen LogP contribution >= 0.6 is 23.5 Å². The van der Waals surface area contributed by atoms with Crippen molar-refractivity contribution in [2.75, 3.05) is 11.5 Å². The van der Waals surface area contributed by atoms with E-state index in [1.54, 1.807) is 28.4 Å². The highest BCUT2D eigenvalue weighted by Crippen LogP contribution is 2.57. The molecule has 1 aromatic rings. The summed E-state index contributed by atoms with van der Waals surface area (Å²) < 4.78 is 5.28. The number of hydrogen-bond acceptors (Lipinski definition) is 6. The van der Waals surface area contributed by atoms with E-state index >= 15 is 0 Å². The van der Waals surface area contributed by atoms with Gasteiger partial charge in [-0.3, -0.25) is 4.79 Å². The molecule has 3 heterocycles. The number of thioether (sulfide) groups is 2. The lowest BCUT2D eigenvalue weighted by molar-refractivity contribution is -0.163. The standard InChI is InChI=1S/C15H16N2O3S2/c16-10-12(18)17-11(15(7-21-8-15)22-13(10)17)14(19)20-6-9-4-2-1-3-5-9/h1-5,10-11,13H,6-8,16H2. The fraction of sp³-hybridized carbons (Fsp3) is 0.467. The number of β-lactam (4-membered cyclic amide) rings is 1. The molecular weight excluding hydrogens is 320 g/mol. The lowest BCUT2D eigenvalue weighted by Crippen LogP contribution is -2.69. The average molecular weight is 336 g/mol. The van der Waals surface area contributed by atoms with Crippen LogP contribution in [0.3, 0.4) is 0 Å². The molecule has 3 atom stereocenters. The molecule has 3 unspecified atom stereocenters. The molecule has 0 saturated carbocycles. The Labute approximate surface area is 136 Å². The number of amides is 1. The van der Waals surface area contributed by atoms with Crippen molar-refractivity contribution in [1.82, 2.24) is 4.90 Å². The van der Waals surface area contributed by atoms with Gasteiger partial charge in [0.1, 0.15) is 24.1 Å². The molecule has 0 bridgehead atoms. The number of ether oxygens (including phenoxy) is 1. The van der Waals surface area contributed by atoms with E-state index < -0.39 is 12.1 Å². The van der Waals surface area contributed by atoms with Crippen LogP contribution in [0.1, 0.15) is 5.56 Å². The van der Waals surface area contributed by atoms with E-state index in [0.717, 1.165) is 17.1 Å². The van der Waals surface area contributed by atoms with Crippen molar-refractivity contribution in [2.45, 2.75) is 28.8 Å². The largest absolute Gasteiger partial charge is 0.459 e. The van der Waals surface area contributed by atoms with Crippen LogP contribution in [0, 0.1) is 0 Å². The van der Waals surface area contributed by atoms with Gasteiger partial charge >= 0.3 is 5.97 Å². The summed E-state index contributed by atoms with van der Waals surface area (Å²) in [6.07, 6.45) is 0. The third-order valence-corrected chi connectivity index (χ3v) is 7.94. The van der Waals surface area contributed by atoms with Crippen molar-refractivity contribution in [1.29, 1.82) is 0 Å². The number of esters is 1. The SMILES string of the molecule is NC1C(=O)N2C1SC1(CSC1)C2C(=O)OCc1ccccc1. The fourth-order valence-electron chi connectivity index (χ4n) is 3.14. The molecule has 3 aliphatic heterocycles. The first-order valence-electron chi connectivity index (χ1n) is 7.16. The molecule has 3 aliphatic rings. The number of carbonyl (C=O) groups is 2. The Morgan fingerprint density at radius 1 is 1.36 bits per heavy atom. The Kier molecular flexibility index (Phi) is 3.39. The number of nitrogens with zero attached hydrogens (tertiary/aromatic N) is 1.